The predicted molar refractivity (Wildman–Crippen MR) is 71.3 cm³/mol. The maximum absolute atomic E-state index is 5.05. The summed E-state index contributed by atoms with van der Waals surface area (Å²) in [5, 5.41) is 0. The lowest BCUT2D eigenvalue weighted by Crippen LogP contribution is -2.01. The van der Waals surface area contributed by atoms with Crippen LogP contribution in [0.2, 0.25) is 0 Å². The Bertz CT molecular complexity index is 324. The fourth-order valence-corrected chi connectivity index (χ4v) is 2.04. The largest absolute Gasteiger partial charge is 0.345 e. The molecule has 1 unspecified atom stereocenters. The van der Waals surface area contributed by atoms with Gasteiger partial charge in [-0.3, -0.25) is 0 Å². The zero-order valence-corrected chi connectivity index (χ0v) is 11.5. The van der Waals surface area contributed by atoms with E-state index >= 15 is 0 Å². The number of rotatable bonds is 6. The summed E-state index contributed by atoms with van der Waals surface area (Å²) < 4.78 is 0. The Morgan fingerprint density at radius 1 is 1.53 bits per heavy atom. The molecule has 0 heterocycles. The summed E-state index contributed by atoms with van der Waals surface area (Å²) in [6.45, 7) is 13.1. The van der Waals surface area contributed by atoms with E-state index in [1.807, 2.05) is 6.08 Å². The van der Waals surface area contributed by atoms with Crippen molar-refractivity contribution in [3.63, 3.8) is 0 Å². The minimum Gasteiger partial charge on any atom is -0.345 e. The first-order valence-corrected chi connectivity index (χ1v) is 6.32. The van der Waals surface area contributed by atoms with Gasteiger partial charge >= 0.3 is 0 Å². The normalized spacial score (nSPS) is 20.6. The second-order valence-corrected chi connectivity index (χ2v) is 5.25. The van der Waals surface area contributed by atoms with Gasteiger partial charge in [0.2, 0.25) is 0 Å². The Morgan fingerprint density at radius 2 is 2.24 bits per heavy atom. The Labute approximate surface area is 105 Å². The Balaban J connectivity index is 2.46. The highest BCUT2D eigenvalue weighted by Gasteiger charge is 2.21. The van der Waals surface area contributed by atoms with E-state index in [0.717, 1.165) is 6.42 Å². The maximum Gasteiger partial charge on any atom is 0.129 e. The molecular weight excluding hydrogens is 212 g/mol. The molecule has 0 aliphatic heterocycles. The first kappa shape index (κ1) is 14.0. The standard InChI is InChI=1S/C15H24O2/c1-11(2)10-17-16-9-8-15-13(5)6-7-14(15)12(3)4/h8-9,11,14H,3,6-7,10H2,1-2,4-5H3. The highest BCUT2D eigenvalue weighted by atomic mass is 17.2. The van der Waals surface area contributed by atoms with Gasteiger partial charge in [0.25, 0.3) is 0 Å². The summed E-state index contributed by atoms with van der Waals surface area (Å²) in [4.78, 5) is 10.1. The molecule has 1 aliphatic carbocycles. The van der Waals surface area contributed by atoms with Crippen LogP contribution in [0.15, 0.2) is 35.6 Å². The van der Waals surface area contributed by atoms with Gasteiger partial charge in [0, 0.05) is 5.92 Å². The van der Waals surface area contributed by atoms with Crippen LogP contribution in [0, 0.1) is 11.8 Å². The molecule has 17 heavy (non-hydrogen) atoms. The van der Waals surface area contributed by atoms with E-state index in [1.54, 1.807) is 6.26 Å². The lowest BCUT2D eigenvalue weighted by molar-refractivity contribution is -0.254. The van der Waals surface area contributed by atoms with E-state index in [0.29, 0.717) is 18.4 Å². The molecule has 0 amide bonds. The molecule has 0 aromatic heterocycles. The van der Waals surface area contributed by atoms with Crippen LogP contribution in [-0.2, 0) is 9.78 Å². The fraction of sp³-hybridized carbons (Fsp3) is 0.600. The van der Waals surface area contributed by atoms with Gasteiger partial charge in [0.05, 0.1) is 6.61 Å². The SMILES string of the molecule is C=C(C)C1CCC(C)=C1C=COOCC(C)C. The van der Waals surface area contributed by atoms with Crippen molar-refractivity contribution in [2.75, 3.05) is 6.61 Å². The van der Waals surface area contributed by atoms with Crippen LogP contribution in [0.5, 0.6) is 0 Å². The van der Waals surface area contributed by atoms with Crippen molar-refractivity contribution in [2.45, 2.75) is 40.5 Å². The number of hydrogen-bond donors (Lipinski definition) is 0. The number of allylic oxidation sites excluding steroid dienone is 4. The summed E-state index contributed by atoms with van der Waals surface area (Å²) in [6, 6.07) is 0. The lowest BCUT2D eigenvalue weighted by Gasteiger charge is -2.11. The molecular formula is C15H24O2. The van der Waals surface area contributed by atoms with Crippen molar-refractivity contribution in [3.05, 3.63) is 35.6 Å². The van der Waals surface area contributed by atoms with Gasteiger partial charge in [0.1, 0.15) is 6.26 Å². The van der Waals surface area contributed by atoms with Gasteiger partial charge in [-0.1, -0.05) is 31.6 Å². The lowest BCUT2D eigenvalue weighted by atomic mass is 9.94. The zero-order valence-electron chi connectivity index (χ0n) is 11.5. The highest BCUT2D eigenvalue weighted by molar-refractivity contribution is 5.35. The molecule has 1 aliphatic rings. The van der Waals surface area contributed by atoms with Gasteiger partial charge in [-0.05, 0) is 44.3 Å². The topological polar surface area (TPSA) is 18.5 Å². The molecule has 0 aromatic carbocycles. The monoisotopic (exact) mass is 236 g/mol. The van der Waals surface area contributed by atoms with E-state index in [9.17, 15) is 0 Å². The fourth-order valence-electron chi connectivity index (χ4n) is 2.04. The first-order valence-electron chi connectivity index (χ1n) is 6.32. The van der Waals surface area contributed by atoms with Gasteiger partial charge in [-0.25, -0.2) is 0 Å². The molecule has 2 heteroatoms. The molecule has 0 aromatic rings. The summed E-state index contributed by atoms with van der Waals surface area (Å²) in [6.07, 6.45) is 5.99. The third kappa shape index (κ3) is 4.39. The molecule has 1 rings (SSSR count). The smallest absolute Gasteiger partial charge is 0.129 e. The summed E-state index contributed by atoms with van der Waals surface area (Å²) in [5.74, 6) is 0.971. The molecule has 1 atom stereocenters. The minimum absolute atomic E-state index is 0.485. The van der Waals surface area contributed by atoms with Crippen molar-refractivity contribution in [1.29, 1.82) is 0 Å². The first-order chi connectivity index (χ1) is 8.02. The van der Waals surface area contributed by atoms with Crippen LogP contribution < -0.4 is 0 Å². The number of hydrogen-bond acceptors (Lipinski definition) is 2. The van der Waals surface area contributed by atoms with Crippen LogP contribution >= 0.6 is 0 Å². The molecule has 96 valence electrons. The predicted octanol–water partition coefficient (Wildman–Crippen LogP) is 4.41. The summed E-state index contributed by atoms with van der Waals surface area (Å²) >= 11 is 0. The van der Waals surface area contributed by atoms with E-state index in [2.05, 4.69) is 34.3 Å². The van der Waals surface area contributed by atoms with Gasteiger partial charge < -0.3 is 4.89 Å². The van der Waals surface area contributed by atoms with Gasteiger partial charge in [-0.15, -0.1) is 0 Å². The van der Waals surface area contributed by atoms with Crippen molar-refractivity contribution in [2.24, 2.45) is 11.8 Å². The van der Waals surface area contributed by atoms with Crippen molar-refractivity contribution in [1.82, 2.24) is 0 Å². The van der Waals surface area contributed by atoms with Crippen LogP contribution in [0.4, 0.5) is 0 Å². The third-order valence-corrected chi connectivity index (χ3v) is 3.04. The van der Waals surface area contributed by atoms with Crippen LogP contribution in [0.25, 0.3) is 0 Å². The molecule has 0 radical (unpaired) electrons. The van der Waals surface area contributed by atoms with E-state index in [1.165, 1.54) is 23.1 Å². The van der Waals surface area contributed by atoms with Gasteiger partial charge in [0.15, 0.2) is 0 Å². The Kier molecular flexibility index (Phi) is 5.49. The molecule has 0 bridgehead atoms. The van der Waals surface area contributed by atoms with Crippen molar-refractivity contribution in [3.8, 4) is 0 Å². The van der Waals surface area contributed by atoms with E-state index in [-0.39, 0.29) is 0 Å². The Morgan fingerprint density at radius 3 is 2.82 bits per heavy atom. The second-order valence-electron chi connectivity index (χ2n) is 5.25. The van der Waals surface area contributed by atoms with Gasteiger partial charge in [-0.2, -0.15) is 4.89 Å². The average Bonchev–Trinajstić information content (AvgIpc) is 2.59. The zero-order chi connectivity index (χ0) is 12.8. The molecule has 0 saturated carbocycles. The van der Waals surface area contributed by atoms with Crippen LogP contribution in [0.3, 0.4) is 0 Å². The maximum atomic E-state index is 5.05. The minimum atomic E-state index is 0.485. The van der Waals surface area contributed by atoms with Crippen LogP contribution in [0.1, 0.15) is 40.5 Å². The Hall–Kier alpha value is -1.02. The van der Waals surface area contributed by atoms with E-state index in [4.69, 9.17) is 9.78 Å². The molecule has 2 nitrogen and oxygen atoms in total. The molecule has 0 fully saturated rings. The van der Waals surface area contributed by atoms with Crippen molar-refractivity contribution < 1.29 is 9.78 Å². The molecule has 0 spiro atoms. The second kappa shape index (κ2) is 6.65. The summed E-state index contributed by atoms with van der Waals surface area (Å²) in [5.41, 5.74) is 4.00. The molecule has 0 saturated heterocycles. The third-order valence-electron chi connectivity index (χ3n) is 3.04. The summed E-state index contributed by atoms with van der Waals surface area (Å²) in [7, 11) is 0. The van der Waals surface area contributed by atoms with Crippen LogP contribution in [-0.4, -0.2) is 6.61 Å². The highest BCUT2D eigenvalue weighted by Crippen LogP contribution is 2.36. The average molecular weight is 236 g/mol. The quantitative estimate of drug-likeness (QED) is 0.224. The molecule has 0 N–H and O–H groups in total. The van der Waals surface area contributed by atoms with Crippen molar-refractivity contribution >= 4 is 0 Å². The van der Waals surface area contributed by atoms with E-state index < -0.39 is 0 Å².